The van der Waals surface area contributed by atoms with Gasteiger partial charge in [-0.25, -0.2) is 4.98 Å². The quantitative estimate of drug-likeness (QED) is 0.800. The van der Waals surface area contributed by atoms with Gasteiger partial charge in [0.2, 0.25) is 0 Å². The molecule has 0 fully saturated rings. The van der Waals surface area contributed by atoms with Crippen LogP contribution >= 0.6 is 11.3 Å². The zero-order valence-electron chi connectivity index (χ0n) is 14.0. The number of aromatic nitrogens is 1. The third kappa shape index (κ3) is 4.41. The molecule has 0 aromatic carbocycles. The van der Waals surface area contributed by atoms with E-state index in [9.17, 15) is 0 Å². The zero-order valence-corrected chi connectivity index (χ0v) is 14.8. The van der Waals surface area contributed by atoms with Crippen LogP contribution in [0.5, 0.6) is 0 Å². The lowest BCUT2D eigenvalue weighted by atomic mass is 9.98. The largest absolute Gasteiger partial charge is 0.348 e. The highest BCUT2D eigenvalue weighted by Gasteiger charge is 2.25. The highest BCUT2D eigenvalue weighted by molar-refractivity contribution is 7.15. The van der Waals surface area contributed by atoms with Crippen molar-refractivity contribution in [3.63, 3.8) is 0 Å². The van der Waals surface area contributed by atoms with Crippen LogP contribution in [-0.2, 0) is 6.42 Å². The summed E-state index contributed by atoms with van der Waals surface area (Å²) in [5, 5.41) is 4.82. The highest BCUT2D eigenvalue weighted by Crippen LogP contribution is 2.36. The lowest BCUT2D eigenvalue weighted by Crippen LogP contribution is -2.27. The van der Waals surface area contributed by atoms with Crippen LogP contribution in [0.1, 0.15) is 49.7 Å². The number of fused-ring (bicyclic) bond motifs is 1. The Morgan fingerprint density at radius 1 is 1.29 bits per heavy atom. The standard InChI is InChI=1S/C16H30N4S/c1-5-17-13-9-7-10-14-15(13)18-16(21-14)20(6-2)12-8-11-19(3)4/h13,17H,5-12H2,1-4H3. The van der Waals surface area contributed by atoms with Gasteiger partial charge in [-0.2, -0.15) is 0 Å². The topological polar surface area (TPSA) is 31.4 Å². The summed E-state index contributed by atoms with van der Waals surface area (Å²) in [5.41, 5.74) is 1.33. The minimum Gasteiger partial charge on any atom is -0.348 e. The van der Waals surface area contributed by atoms with Crippen molar-refractivity contribution in [1.82, 2.24) is 15.2 Å². The van der Waals surface area contributed by atoms with Crippen molar-refractivity contribution in [1.29, 1.82) is 0 Å². The first-order chi connectivity index (χ1) is 10.2. The molecule has 4 nitrogen and oxygen atoms in total. The van der Waals surface area contributed by atoms with Gasteiger partial charge in [0, 0.05) is 18.0 Å². The van der Waals surface area contributed by atoms with Gasteiger partial charge in [-0.1, -0.05) is 6.92 Å². The van der Waals surface area contributed by atoms with Gasteiger partial charge in [-0.05, 0) is 59.8 Å². The number of nitrogens with zero attached hydrogens (tertiary/aromatic N) is 3. The summed E-state index contributed by atoms with van der Waals surface area (Å²) in [6, 6.07) is 0.476. The molecule has 120 valence electrons. The first kappa shape index (κ1) is 16.7. The van der Waals surface area contributed by atoms with E-state index in [2.05, 4.69) is 43.1 Å². The first-order valence-corrected chi connectivity index (χ1v) is 9.10. The fourth-order valence-corrected chi connectivity index (χ4v) is 4.21. The Morgan fingerprint density at radius 2 is 2.10 bits per heavy atom. The summed E-state index contributed by atoms with van der Waals surface area (Å²) in [6.07, 6.45) is 4.93. The Hall–Kier alpha value is -0.650. The summed E-state index contributed by atoms with van der Waals surface area (Å²) < 4.78 is 0. The van der Waals surface area contributed by atoms with E-state index < -0.39 is 0 Å². The second-order valence-corrected chi connectivity index (χ2v) is 7.11. The molecule has 0 spiro atoms. The fourth-order valence-electron chi connectivity index (χ4n) is 2.95. The minimum absolute atomic E-state index is 0.476. The van der Waals surface area contributed by atoms with Crippen molar-refractivity contribution in [2.45, 2.75) is 45.6 Å². The van der Waals surface area contributed by atoms with E-state index in [1.807, 2.05) is 11.3 Å². The van der Waals surface area contributed by atoms with E-state index in [0.717, 1.165) is 26.2 Å². The van der Waals surface area contributed by atoms with Gasteiger partial charge < -0.3 is 15.1 Å². The second-order valence-electron chi connectivity index (χ2n) is 6.04. The summed E-state index contributed by atoms with van der Waals surface area (Å²) >= 11 is 1.92. The molecule has 1 aliphatic rings. The van der Waals surface area contributed by atoms with Crippen molar-refractivity contribution in [2.75, 3.05) is 45.2 Å². The molecule has 0 radical (unpaired) electrons. The average Bonchev–Trinajstić information content (AvgIpc) is 2.88. The third-order valence-corrected chi connectivity index (χ3v) is 5.27. The SMILES string of the molecule is CCNC1CCCc2sc(N(CC)CCCN(C)C)nc21. The number of hydrogen-bond acceptors (Lipinski definition) is 5. The second kappa shape index (κ2) is 8.11. The van der Waals surface area contributed by atoms with Crippen LogP contribution in [0.4, 0.5) is 5.13 Å². The predicted molar refractivity (Wildman–Crippen MR) is 92.5 cm³/mol. The van der Waals surface area contributed by atoms with Crippen molar-refractivity contribution in [2.24, 2.45) is 0 Å². The van der Waals surface area contributed by atoms with Gasteiger partial charge in [-0.15, -0.1) is 11.3 Å². The maximum Gasteiger partial charge on any atom is 0.185 e. The molecule has 1 N–H and O–H groups in total. The van der Waals surface area contributed by atoms with E-state index >= 15 is 0 Å². The first-order valence-electron chi connectivity index (χ1n) is 8.28. The van der Waals surface area contributed by atoms with Crippen LogP contribution < -0.4 is 10.2 Å². The Kier molecular flexibility index (Phi) is 6.45. The molecule has 1 aliphatic carbocycles. The molecule has 1 aromatic rings. The number of anilines is 1. The van der Waals surface area contributed by atoms with Gasteiger partial charge in [0.25, 0.3) is 0 Å². The molecule has 0 saturated carbocycles. The Labute approximate surface area is 133 Å². The fraction of sp³-hybridized carbons (Fsp3) is 0.812. The molecule has 0 amide bonds. The highest BCUT2D eigenvalue weighted by atomic mass is 32.1. The lowest BCUT2D eigenvalue weighted by molar-refractivity contribution is 0.400. The third-order valence-electron chi connectivity index (χ3n) is 4.08. The number of nitrogens with one attached hydrogen (secondary N) is 1. The van der Waals surface area contributed by atoms with Gasteiger partial charge in [0.05, 0.1) is 11.7 Å². The van der Waals surface area contributed by atoms with Crippen LogP contribution in [0.2, 0.25) is 0 Å². The Bertz CT molecular complexity index is 430. The molecular formula is C16H30N4S. The number of thiazole rings is 1. The van der Waals surface area contributed by atoms with E-state index in [4.69, 9.17) is 4.98 Å². The molecule has 0 saturated heterocycles. The molecule has 1 atom stereocenters. The van der Waals surface area contributed by atoms with Crippen LogP contribution in [0, 0.1) is 0 Å². The minimum atomic E-state index is 0.476. The van der Waals surface area contributed by atoms with Crippen molar-refractivity contribution in [3.8, 4) is 0 Å². The molecule has 0 bridgehead atoms. The summed E-state index contributed by atoms with van der Waals surface area (Å²) in [7, 11) is 4.28. The van der Waals surface area contributed by atoms with Crippen LogP contribution in [-0.4, -0.2) is 50.2 Å². The molecule has 0 aliphatic heterocycles. The summed E-state index contributed by atoms with van der Waals surface area (Å²) in [5.74, 6) is 0. The van der Waals surface area contributed by atoms with Crippen LogP contribution in [0.3, 0.4) is 0 Å². The van der Waals surface area contributed by atoms with Crippen molar-refractivity contribution >= 4 is 16.5 Å². The molecular weight excluding hydrogens is 280 g/mol. The van der Waals surface area contributed by atoms with Crippen molar-refractivity contribution in [3.05, 3.63) is 10.6 Å². The van der Waals surface area contributed by atoms with E-state index in [0.29, 0.717) is 6.04 Å². The van der Waals surface area contributed by atoms with Gasteiger partial charge >= 0.3 is 0 Å². The van der Waals surface area contributed by atoms with E-state index in [-0.39, 0.29) is 0 Å². The number of aryl methyl sites for hydroxylation is 1. The number of hydrogen-bond donors (Lipinski definition) is 1. The van der Waals surface area contributed by atoms with Gasteiger partial charge in [0.15, 0.2) is 5.13 Å². The maximum atomic E-state index is 4.99. The maximum absolute atomic E-state index is 4.99. The van der Waals surface area contributed by atoms with E-state index in [1.165, 1.54) is 41.4 Å². The molecule has 1 heterocycles. The normalized spacial score (nSPS) is 18.0. The molecule has 1 aromatic heterocycles. The predicted octanol–water partition coefficient (Wildman–Crippen LogP) is 2.91. The summed E-state index contributed by atoms with van der Waals surface area (Å²) in [4.78, 5) is 11.2. The molecule has 2 rings (SSSR count). The molecule has 21 heavy (non-hydrogen) atoms. The Morgan fingerprint density at radius 3 is 2.76 bits per heavy atom. The lowest BCUT2D eigenvalue weighted by Gasteiger charge is -2.22. The average molecular weight is 311 g/mol. The van der Waals surface area contributed by atoms with Gasteiger partial charge in [-0.3, -0.25) is 0 Å². The van der Waals surface area contributed by atoms with Crippen LogP contribution in [0.25, 0.3) is 0 Å². The smallest absolute Gasteiger partial charge is 0.185 e. The van der Waals surface area contributed by atoms with E-state index in [1.54, 1.807) is 0 Å². The zero-order chi connectivity index (χ0) is 15.2. The summed E-state index contributed by atoms with van der Waals surface area (Å²) in [6.45, 7) is 8.73. The van der Waals surface area contributed by atoms with Gasteiger partial charge in [0.1, 0.15) is 0 Å². The molecule has 1 unspecified atom stereocenters. The Balaban J connectivity index is 2.05. The van der Waals surface area contributed by atoms with Crippen LogP contribution in [0.15, 0.2) is 0 Å². The monoisotopic (exact) mass is 310 g/mol. The van der Waals surface area contributed by atoms with Crippen molar-refractivity contribution < 1.29 is 0 Å². The molecule has 5 heteroatoms. The number of rotatable bonds is 8.